The van der Waals surface area contributed by atoms with E-state index in [1.165, 1.54) is 23.3 Å². The molecule has 0 N–H and O–H groups in total. The molecule has 0 aliphatic carbocycles. The van der Waals surface area contributed by atoms with E-state index >= 15 is 0 Å². The van der Waals surface area contributed by atoms with Gasteiger partial charge in [0.2, 0.25) is 0 Å². The maximum absolute atomic E-state index is 2.38. The standard InChI is InChI=1S/C25H29P/c1-16(2)21-10-7-11-22(17(3)4)25(21)26-14-20-9-6-8-19-13-12-18(5)23(15-26)24(19)20/h6-13,16-17H,14-15H2,1-5H3. The van der Waals surface area contributed by atoms with Gasteiger partial charge in [-0.3, -0.25) is 0 Å². The second kappa shape index (κ2) is 6.82. The number of hydrogen-bond donors (Lipinski definition) is 0. The van der Waals surface area contributed by atoms with Crippen molar-refractivity contribution in [2.45, 2.75) is 58.8 Å². The molecule has 4 rings (SSSR count). The lowest BCUT2D eigenvalue weighted by Crippen LogP contribution is -2.20. The third-order valence-electron chi connectivity index (χ3n) is 5.84. The van der Waals surface area contributed by atoms with E-state index < -0.39 is 0 Å². The first-order valence-corrected chi connectivity index (χ1v) is 11.6. The van der Waals surface area contributed by atoms with Crippen molar-refractivity contribution in [3.8, 4) is 0 Å². The van der Waals surface area contributed by atoms with Gasteiger partial charge in [-0.2, -0.15) is 0 Å². The first-order chi connectivity index (χ1) is 12.5. The Hall–Kier alpha value is -1.65. The van der Waals surface area contributed by atoms with Gasteiger partial charge in [0, 0.05) is 0 Å². The van der Waals surface area contributed by atoms with Gasteiger partial charge in [0.15, 0.2) is 0 Å². The zero-order valence-corrected chi connectivity index (χ0v) is 17.5. The van der Waals surface area contributed by atoms with Crippen LogP contribution in [-0.4, -0.2) is 0 Å². The summed E-state index contributed by atoms with van der Waals surface area (Å²) in [4.78, 5) is 0. The minimum Gasteiger partial charge on any atom is -0.0657 e. The van der Waals surface area contributed by atoms with Crippen LogP contribution < -0.4 is 5.30 Å². The Morgan fingerprint density at radius 3 is 2.08 bits per heavy atom. The van der Waals surface area contributed by atoms with Gasteiger partial charge >= 0.3 is 0 Å². The summed E-state index contributed by atoms with van der Waals surface area (Å²) < 4.78 is 0. The van der Waals surface area contributed by atoms with Crippen LogP contribution in [0.3, 0.4) is 0 Å². The highest BCUT2D eigenvalue weighted by atomic mass is 31.1. The lowest BCUT2D eigenvalue weighted by molar-refractivity contribution is 0.845. The van der Waals surface area contributed by atoms with Gasteiger partial charge in [0.05, 0.1) is 0 Å². The fourth-order valence-corrected chi connectivity index (χ4v) is 7.75. The third-order valence-corrected chi connectivity index (χ3v) is 8.41. The number of aryl methyl sites for hydroxylation is 1. The van der Waals surface area contributed by atoms with Crippen molar-refractivity contribution in [2.24, 2.45) is 0 Å². The van der Waals surface area contributed by atoms with Gasteiger partial charge in [-0.05, 0) is 75.0 Å². The van der Waals surface area contributed by atoms with Crippen LogP contribution in [0, 0.1) is 6.92 Å². The van der Waals surface area contributed by atoms with Gasteiger partial charge in [-0.1, -0.05) is 84.1 Å². The molecule has 3 aromatic carbocycles. The SMILES string of the molecule is Cc1ccc2cccc3c2c1CP(c1c(C(C)C)cccc1C(C)C)C3. The molecule has 134 valence electrons. The van der Waals surface area contributed by atoms with Crippen LogP contribution in [0.1, 0.15) is 67.3 Å². The Balaban J connectivity index is 1.91. The van der Waals surface area contributed by atoms with Gasteiger partial charge in [-0.25, -0.2) is 0 Å². The molecule has 0 saturated carbocycles. The zero-order valence-electron chi connectivity index (χ0n) is 16.6. The minimum atomic E-state index is -0.202. The summed E-state index contributed by atoms with van der Waals surface area (Å²) in [5.41, 5.74) is 7.78. The van der Waals surface area contributed by atoms with Crippen LogP contribution in [0.25, 0.3) is 10.8 Å². The molecule has 0 bridgehead atoms. The molecule has 26 heavy (non-hydrogen) atoms. The molecule has 1 aliphatic rings. The quantitative estimate of drug-likeness (QED) is 0.433. The predicted molar refractivity (Wildman–Crippen MR) is 117 cm³/mol. The van der Waals surface area contributed by atoms with E-state index in [9.17, 15) is 0 Å². The Morgan fingerprint density at radius 2 is 1.42 bits per heavy atom. The average Bonchev–Trinajstić information content (AvgIpc) is 2.63. The van der Waals surface area contributed by atoms with Crippen LogP contribution >= 0.6 is 7.92 Å². The van der Waals surface area contributed by atoms with Gasteiger partial charge in [0.1, 0.15) is 0 Å². The summed E-state index contributed by atoms with van der Waals surface area (Å²) in [5, 5.41) is 4.65. The maximum atomic E-state index is 2.38. The molecule has 0 saturated heterocycles. The zero-order chi connectivity index (χ0) is 18.4. The largest absolute Gasteiger partial charge is 0.0657 e. The minimum absolute atomic E-state index is 0.202. The maximum Gasteiger partial charge on any atom is -0.00207 e. The summed E-state index contributed by atoms with van der Waals surface area (Å²) in [6.07, 6.45) is 2.46. The summed E-state index contributed by atoms with van der Waals surface area (Å²) in [6.45, 7) is 11.7. The first-order valence-electron chi connectivity index (χ1n) is 9.85. The van der Waals surface area contributed by atoms with Crippen molar-refractivity contribution in [2.75, 3.05) is 0 Å². The summed E-state index contributed by atoms with van der Waals surface area (Å²) >= 11 is 0. The fraction of sp³-hybridized carbons (Fsp3) is 0.360. The predicted octanol–water partition coefficient (Wildman–Crippen LogP) is 7.22. The van der Waals surface area contributed by atoms with Crippen LogP contribution in [0.4, 0.5) is 0 Å². The van der Waals surface area contributed by atoms with E-state index in [1.807, 2.05) is 0 Å². The summed E-state index contributed by atoms with van der Waals surface area (Å²) in [6, 6.07) is 18.5. The van der Waals surface area contributed by atoms with Crippen molar-refractivity contribution in [1.82, 2.24) is 0 Å². The Labute approximate surface area is 159 Å². The second-order valence-corrected chi connectivity index (χ2v) is 10.5. The molecule has 3 aromatic rings. The normalized spacial score (nSPS) is 16.7. The van der Waals surface area contributed by atoms with E-state index in [4.69, 9.17) is 0 Å². The molecule has 1 unspecified atom stereocenters. The first kappa shape index (κ1) is 17.7. The molecule has 1 aliphatic heterocycles. The van der Waals surface area contributed by atoms with E-state index in [0.717, 1.165) is 0 Å². The van der Waals surface area contributed by atoms with Gasteiger partial charge < -0.3 is 0 Å². The van der Waals surface area contributed by atoms with Crippen LogP contribution in [0.15, 0.2) is 48.5 Å². The Morgan fingerprint density at radius 1 is 0.769 bits per heavy atom. The van der Waals surface area contributed by atoms with Crippen molar-refractivity contribution in [3.05, 3.63) is 76.3 Å². The van der Waals surface area contributed by atoms with Crippen LogP contribution in [0.2, 0.25) is 0 Å². The van der Waals surface area contributed by atoms with E-state index in [2.05, 4.69) is 83.1 Å². The average molecular weight is 360 g/mol. The number of rotatable bonds is 3. The molecule has 0 amide bonds. The molecule has 0 fully saturated rings. The lowest BCUT2D eigenvalue weighted by atomic mass is 9.95. The molecule has 0 radical (unpaired) electrons. The molecule has 1 heteroatoms. The molecular weight excluding hydrogens is 331 g/mol. The van der Waals surface area contributed by atoms with Crippen LogP contribution in [-0.2, 0) is 12.3 Å². The highest BCUT2D eigenvalue weighted by molar-refractivity contribution is 7.64. The second-order valence-electron chi connectivity index (χ2n) is 8.33. The molecular formula is C25H29P. The highest BCUT2D eigenvalue weighted by Crippen LogP contribution is 2.52. The third kappa shape index (κ3) is 2.89. The van der Waals surface area contributed by atoms with Crippen molar-refractivity contribution in [3.63, 3.8) is 0 Å². The van der Waals surface area contributed by atoms with E-state index in [1.54, 1.807) is 32.9 Å². The number of hydrogen-bond acceptors (Lipinski definition) is 0. The molecule has 0 aromatic heterocycles. The molecule has 0 nitrogen and oxygen atoms in total. The highest BCUT2D eigenvalue weighted by Gasteiger charge is 2.27. The smallest absolute Gasteiger partial charge is 0.00207 e. The van der Waals surface area contributed by atoms with Crippen molar-refractivity contribution < 1.29 is 0 Å². The lowest BCUT2D eigenvalue weighted by Gasteiger charge is -2.32. The van der Waals surface area contributed by atoms with Crippen molar-refractivity contribution >= 4 is 24.0 Å². The summed E-state index contributed by atoms with van der Waals surface area (Å²) in [7, 11) is -0.202. The topological polar surface area (TPSA) is 0 Å². The van der Waals surface area contributed by atoms with Gasteiger partial charge in [0.25, 0.3) is 0 Å². The molecule has 1 heterocycles. The summed E-state index contributed by atoms with van der Waals surface area (Å²) in [5.74, 6) is 1.17. The number of benzene rings is 3. The monoisotopic (exact) mass is 360 g/mol. The molecule has 0 spiro atoms. The van der Waals surface area contributed by atoms with Gasteiger partial charge in [-0.15, -0.1) is 0 Å². The van der Waals surface area contributed by atoms with E-state index in [0.29, 0.717) is 11.8 Å². The van der Waals surface area contributed by atoms with Crippen molar-refractivity contribution in [1.29, 1.82) is 0 Å². The van der Waals surface area contributed by atoms with Crippen LogP contribution in [0.5, 0.6) is 0 Å². The van der Waals surface area contributed by atoms with E-state index in [-0.39, 0.29) is 7.92 Å². The molecule has 1 atom stereocenters. The Kier molecular flexibility index (Phi) is 4.66. The fourth-order valence-electron chi connectivity index (χ4n) is 4.46. The Bertz CT molecular complexity index is 939.